The number of ether oxygens (including phenoxy) is 2. The van der Waals surface area contributed by atoms with Crippen molar-refractivity contribution >= 4 is 22.2 Å². The highest BCUT2D eigenvalue weighted by Crippen LogP contribution is 2.29. The zero-order valence-electron chi connectivity index (χ0n) is 15.1. The molecule has 0 atom stereocenters. The largest absolute Gasteiger partial charge is 0.491 e. The van der Waals surface area contributed by atoms with Crippen LogP contribution in [0.4, 0.5) is 5.69 Å². The minimum Gasteiger partial charge on any atom is -0.491 e. The second kappa shape index (κ2) is 7.71. The Morgan fingerprint density at radius 1 is 0.885 bits per heavy atom. The molecule has 3 heteroatoms. The van der Waals surface area contributed by atoms with Gasteiger partial charge in [0.15, 0.2) is 0 Å². The number of hydrogen-bond acceptors (Lipinski definition) is 3. The van der Waals surface area contributed by atoms with Gasteiger partial charge in [0, 0.05) is 18.4 Å². The molecule has 0 bridgehead atoms. The molecule has 0 saturated carbocycles. The first-order valence-corrected chi connectivity index (χ1v) is 9.15. The fourth-order valence-corrected chi connectivity index (χ4v) is 3.47. The average Bonchev–Trinajstić information content (AvgIpc) is 2.68. The first-order chi connectivity index (χ1) is 12.8. The van der Waals surface area contributed by atoms with Crippen LogP contribution in [0.25, 0.3) is 10.8 Å². The average molecular weight is 345 g/mol. The fourth-order valence-electron chi connectivity index (χ4n) is 3.47. The Morgan fingerprint density at radius 3 is 2.65 bits per heavy atom. The van der Waals surface area contributed by atoms with E-state index in [1.807, 2.05) is 6.07 Å². The molecule has 0 radical (unpaired) electrons. The molecule has 1 aliphatic rings. The van der Waals surface area contributed by atoms with Gasteiger partial charge in [-0.2, -0.15) is 0 Å². The molecule has 0 amide bonds. The minimum atomic E-state index is 0.562. The van der Waals surface area contributed by atoms with Crippen molar-refractivity contribution in [1.29, 1.82) is 0 Å². The lowest BCUT2D eigenvalue weighted by Crippen LogP contribution is -2.12. The predicted octanol–water partition coefficient (Wildman–Crippen LogP) is 5.32. The number of fused-ring (bicyclic) bond motifs is 2. The Balaban J connectivity index is 1.66. The van der Waals surface area contributed by atoms with E-state index in [0.717, 1.165) is 36.4 Å². The van der Waals surface area contributed by atoms with E-state index in [1.165, 1.54) is 21.9 Å². The van der Waals surface area contributed by atoms with E-state index in [4.69, 9.17) is 14.5 Å². The summed E-state index contributed by atoms with van der Waals surface area (Å²) in [7, 11) is 1.69. The summed E-state index contributed by atoms with van der Waals surface area (Å²) < 4.78 is 10.9. The van der Waals surface area contributed by atoms with Gasteiger partial charge >= 0.3 is 0 Å². The molecule has 0 fully saturated rings. The summed E-state index contributed by atoms with van der Waals surface area (Å²) in [5.41, 5.74) is 4.74. The number of rotatable bonds is 5. The second-order valence-corrected chi connectivity index (χ2v) is 6.60. The maximum atomic E-state index is 5.79. The molecule has 1 aliphatic carbocycles. The standard InChI is InChI=1S/C23H23NO2/c1-25-13-14-26-21-12-10-18-7-4-8-23(22(18)16-21)24-20-11-9-17-5-2-3-6-19(17)15-20/h2-3,5-6,9-12,15-16H,4,7-8,13-14H2,1H3/b24-23+. The normalized spacial score (nSPS) is 15.2. The molecule has 0 aromatic heterocycles. The molecule has 0 unspecified atom stereocenters. The quantitative estimate of drug-likeness (QED) is 0.586. The first-order valence-electron chi connectivity index (χ1n) is 9.15. The lowest BCUT2D eigenvalue weighted by atomic mass is 9.89. The van der Waals surface area contributed by atoms with Crippen LogP contribution in [0.5, 0.6) is 5.75 Å². The number of nitrogens with zero attached hydrogens (tertiary/aromatic N) is 1. The number of aliphatic imine (C=N–C) groups is 1. The van der Waals surface area contributed by atoms with Gasteiger partial charge in [-0.05, 0) is 59.9 Å². The third kappa shape index (κ3) is 3.63. The molecule has 4 rings (SSSR count). The van der Waals surface area contributed by atoms with Gasteiger partial charge in [0.1, 0.15) is 12.4 Å². The summed E-state index contributed by atoms with van der Waals surface area (Å²) >= 11 is 0. The van der Waals surface area contributed by atoms with Crippen LogP contribution in [0.3, 0.4) is 0 Å². The van der Waals surface area contributed by atoms with Crippen molar-refractivity contribution in [2.75, 3.05) is 20.3 Å². The summed E-state index contributed by atoms with van der Waals surface area (Å²) in [4.78, 5) is 4.98. The van der Waals surface area contributed by atoms with Crippen LogP contribution in [-0.4, -0.2) is 26.0 Å². The molecule has 0 spiro atoms. The topological polar surface area (TPSA) is 30.8 Å². The zero-order valence-corrected chi connectivity index (χ0v) is 15.1. The maximum Gasteiger partial charge on any atom is 0.120 e. The molecule has 0 aliphatic heterocycles. The summed E-state index contributed by atoms with van der Waals surface area (Å²) in [5.74, 6) is 0.883. The Kier molecular flexibility index (Phi) is 4.98. The van der Waals surface area contributed by atoms with Crippen molar-refractivity contribution < 1.29 is 9.47 Å². The van der Waals surface area contributed by atoms with E-state index >= 15 is 0 Å². The van der Waals surface area contributed by atoms with Crippen LogP contribution in [0, 0.1) is 0 Å². The van der Waals surface area contributed by atoms with Gasteiger partial charge in [-0.1, -0.05) is 36.4 Å². The van der Waals surface area contributed by atoms with Crippen molar-refractivity contribution in [2.24, 2.45) is 4.99 Å². The smallest absolute Gasteiger partial charge is 0.120 e. The van der Waals surface area contributed by atoms with Crippen LogP contribution in [0.15, 0.2) is 65.7 Å². The fraction of sp³-hybridized carbons (Fsp3) is 0.261. The number of methoxy groups -OCH3 is 1. The Morgan fingerprint density at radius 2 is 1.77 bits per heavy atom. The molecular weight excluding hydrogens is 322 g/mol. The molecule has 3 aromatic rings. The van der Waals surface area contributed by atoms with Crippen molar-refractivity contribution in [1.82, 2.24) is 0 Å². The SMILES string of the molecule is COCCOc1ccc2c(c1)/C(=N/c1ccc3ccccc3c1)CCC2. The van der Waals surface area contributed by atoms with Crippen LogP contribution in [-0.2, 0) is 11.2 Å². The third-order valence-corrected chi connectivity index (χ3v) is 4.81. The highest BCUT2D eigenvalue weighted by molar-refractivity contribution is 6.04. The van der Waals surface area contributed by atoms with E-state index in [2.05, 4.69) is 54.6 Å². The molecule has 26 heavy (non-hydrogen) atoms. The molecule has 0 heterocycles. The molecule has 0 N–H and O–H groups in total. The third-order valence-electron chi connectivity index (χ3n) is 4.81. The predicted molar refractivity (Wildman–Crippen MR) is 107 cm³/mol. The zero-order chi connectivity index (χ0) is 17.8. The van der Waals surface area contributed by atoms with Crippen LogP contribution in [0.2, 0.25) is 0 Å². The van der Waals surface area contributed by atoms with Crippen molar-refractivity contribution in [3.63, 3.8) is 0 Å². The Hall–Kier alpha value is -2.65. The van der Waals surface area contributed by atoms with E-state index < -0.39 is 0 Å². The Labute approximate surface area is 154 Å². The van der Waals surface area contributed by atoms with Gasteiger partial charge in [-0.3, -0.25) is 4.99 Å². The van der Waals surface area contributed by atoms with Crippen molar-refractivity contribution in [3.8, 4) is 5.75 Å². The Bertz CT molecular complexity index is 946. The molecular formula is C23H23NO2. The number of aryl methyl sites for hydroxylation is 1. The first kappa shape index (κ1) is 16.8. The molecule has 3 aromatic carbocycles. The minimum absolute atomic E-state index is 0.562. The maximum absolute atomic E-state index is 5.79. The van der Waals surface area contributed by atoms with Gasteiger partial charge in [0.25, 0.3) is 0 Å². The van der Waals surface area contributed by atoms with Gasteiger partial charge in [0.2, 0.25) is 0 Å². The highest BCUT2D eigenvalue weighted by Gasteiger charge is 2.16. The van der Waals surface area contributed by atoms with Crippen LogP contribution >= 0.6 is 0 Å². The second-order valence-electron chi connectivity index (χ2n) is 6.60. The van der Waals surface area contributed by atoms with E-state index in [-0.39, 0.29) is 0 Å². The summed E-state index contributed by atoms with van der Waals surface area (Å²) in [6.45, 7) is 1.15. The van der Waals surface area contributed by atoms with Crippen LogP contribution in [0.1, 0.15) is 24.0 Å². The molecule has 132 valence electrons. The van der Waals surface area contributed by atoms with Gasteiger partial charge in [-0.15, -0.1) is 0 Å². The number of hydrogen-bond donors (Lipinski definition) is 0. The summed E-state index contributed by atoms with van der Waals surface area (Å²) in [6.07, 6.45) is 3.25. The van der Waals surface area contributed by atoms with Gasteiger partial charge in [-0.25, -0.2) is 0 Å². The molecule has 3 nitrogen and oxygen atoms in total. The van der Waals surface area contributed by atoms with E-state index in [1.54, 1.807) is 7.11 Å². The monoisotopic (exact) mass is 345 g/mol. The van der Waals surface area contributed by atoms with Gasteiger partial charge in [0.05, 0.1) is 12.3 Å². The highest BCUT2D eigenvalue weighted by atomic mass is 16.5. The number of benzene rings is 3. The van der Waals surface area contributed by atoms with E-state index in [0.29, 0.717) is 13.2 Å². The lowest BCUT2D eigenvalue weighted by molar-refractivity contribution is 0.146. The summed E-state index contributed by atoms with van der Waals surface area (Å²) in [6, 6.07) is 21.2. The molecule has 0 saturated heterocycles. The summed E-state index contributed by atoms with van der Waals surface area (Å²) in [5, 5.41) is 2.47. The van der Waals surface area contributed by atoms with Crippen molar-refractivity contribution in [2.45, 2.75) is 19.3 Å². The lowest BCUT2D eigenvalue weighted by Gasteiger charge is -2.19. The van der Waals surface area contributed by atoms with Crippen molar-refractivity contribution in [3.05, 3.63) is 71.8 Å². The van der Waals surface area contributed by atoms with Crippen LogP contribution < -0.4 is 4.74 Å². The van der Waals surface area contributed by atoms with E-state index in [9.17, 15) is 0 Å². The van der Waals surface area contributed by atoms with Gasteiger partial charge < -0.3 is 9.47 Å².